The molecule has 0 aromatic carbocycles. The Hall–Kier alpha value is -1.99. The zero-order valence-corrected chi connectivity index (χ0v) is 13.1. The van der Waals surface area contributed by atoms with Crippen molar-refractivity contribution in [1.82, 2.24) is 24.6 Å². The standard InChI is InChI=1S/C14H16ClN5O2/c1-9-6-19(14(21)11-4-3-10(15)5-16-11)7-12-17-18-13(8-22-2)20(9)12/h3-5,9H,6-8H2,1-2H3/t9-/m0/s1. The first-order valence-electron chi connectivity index (χ1n) is 6.92. The van der Waals surface area contributed by atoms with Crippen LogP contribution in [0.25, 0.3) is 0 Å². The van der Waals surface area contributed by atoms with E-state index in [2.05, 4.69) is 15.2 Å². The number of rotatable bonds is 3. The van der Waals surface area contributed by atoms with Gasteiger partial charge in [0.05, 0.1) is 17.6 Å². The number of carbonyl (C=O) groups is 1. The molecule has 116 valence electrons. The van der Waals surface area contributed by atoms with E-state index < -0.39 is 0 Å². The van der Waals surface area contributed by atoms with E-state index in [0.29, 0.717) is 30.4 Å². The lowest BCUT2D eigenvalue weighted by molar-refractivity contribution is 0.0669. The summed E-state index contributed by atoms with van der Waals surface area (Å²) in [7, 11) is 1.62. The van der Waals surface area contributed by atoms with Crippen molar-refractivity contribution >= 4 is 17.5 Å². The van der Waals surface area contributed by atoms with Crippen LogP contribution in [-0.2, 0) is 17.9 Å². The molecule has 2 aromatic heterocycles. The van der Waals surface area contributed by atoms with E-state index in [1.165, 1.54) is 6.20 Å². The second-order valence-electron chi connectivity index (χ2n) is 5.23. The quantitative estimate of drug-likeness (QED) is 0.860. The van der Waals surface area contributed by atoms with Crippen molar-refractivity contribution in [3.63, 3.8) is 0 Å². The number of halogens is 1. The molecule has 0 bridgehead atoms. The van der Waals surface area contributed by atoms with Gasteiger partial charge in [-0.1, -0.05) is 11.6 Å². The topological polar surface area (TPSA) is 73.1 Å². The van der Waals surface area contributed by atoms with E-state index in [9.17, 15) is 4.79 Å². The van der Waals surface area contributed by atoms with Gasteiger partial charge in [-0.2, -0.15) is 0 Å². The molecule has 7 nitrogen and oxygen atoms in total. The molecule has 0 unspecified atom stereocenters. The van der Waals surface area contributed by atoms with Gasteiger partial charge in [0.2, 0.25) is 0 Å². The summed E-state index contributed by atoms with van der Waals surface area (Å²) in [5, 5.41) is 8.80. The van der Waals surface area contributed by atoms with Crippen molar-refractivity contribution in [3.05, 3.63) is 40.7 Å². The molecular formula is C14H16ClN5O2. The van der Waals surface area contributed by atoms with Gasteiger partial charge in [0.15, 0.2) is 11.6 Å². The first-order valence-corrected chi connectivity index (χ1v) is 7.30. The van der Waals surface area contributed by atoms with Gasteiger partial charge in [0.1, 0.15) is 12.3 Å². The highest BCUT2D eigenvalue weighted by Crippen LogP contribution is 2.23. The van der Waals surface area contributed by atoms with Crippen LogP contribution in [-0.4, -0.2) is 44.2 Å². The maximum atomic E-state index is 12.5. The molecule has 0 spiro atoms. The van der Waals surface area contributed by atoms with Gasteiger partial charge in [0.25, 0.3) is 5.91 Å². The molecule has 0 N–H and O–H groups in total. The average Bonchev–Trinajstić information content (AvgIpc) is 2.91. The summed E-state index contributed by atoms with van der Waals surface area (Å²) < 4.78 is 7.16. The fourth-order valence-corrected chi connectivity index (χ4v) is 2.77. The number of ether oxygens (including phenoxy) is 1. The Bertz CT molecular complexity index is 685. The summed E-state index contributed by atoms with van der Waals surface area (Å²) in [5.74, 6) is 1.40. The number of hydrogen-bond donors (Lipinski definition) is 0. The fourth-order valence-electron chi connectivity index (χ4n) is 2.66. The van der Waals surface area contributed by atoms with Crippen LogP contribution in [0.5, 0.6) is 0 Å². The molecule has 8 heteroatoms. The monoisotopic (exact) mass is 321 g/mol. The van der Waals surface area contributed by atoms with Crippen molar-refractivity contribution in [2.45, 2.75) is 26.1 Å². The molecule has 1 aliphatic heterocycles. The van der Waals surface area contributed by atoms with Gasteiger partial charge < -0.3 is 14.2 Å². The summed E-state index contributed by atoms with van der Waals surface area (Å²) in [5.41, 5.74) is 0.377. The molecule has 1 aliphatic rings. The molecule has 1 amide bonds. The van der Waals surface area contributed by atoms with Crippen molar-refractivity contribution in [3.8, 4) is 0 Å². The van der Waals surface area contributed by atoms with Gasteiger partial charge in [-0.05, 0) is 19.1 Å². The molecule has 3 heterocycles. The number of nitrogens with zero attached hydrogens (tertiary/aromatic N) is 5. The second kappa shape index (κ2) is 6.02. The maximum absolute atomic E-state index is 12.5. The highest BCUT2D eigenvalue weighted by Gasteiger charge is 2.29. The third-order valence-electron chi connectivity index (χ3n) is 3.60. The van der Waals surface area contributed by atoms with E-state index in [-0.39, 0.29) is 11.9 Å². The summed E-state index contributed by atoms with van der Waals surface area (Å²) in [6.45, 7) is 3.42. The van der Waals surface area contributed by atoms with Crippen LogP contribution < -0.4 is 0 Å². The lowest BCUT2D eigenvalue weighted by Gasteiger charge is -2.32. The predicted molar refractivity (Wildman–Crippen MR) is 79.4 cm³/mol. The van der Waals surface area contributed by atoms with Crippen LogP contribution in [0.1, 0.15) is 35.1 Å². The van der Waals surface area contributed by atoms with Crippen LogP contribution in [0, 0.1) is 0 Å². The second-order valence-corrected chi connectivity index (χ2v) is 5.67. The summed E-state index contributed by atoms with van der Waals surface area (Å²) in [6.07, 6.45) is 1.47. The molecule has 0 fully saturated rings. The first-order chi connectivity index (χ1) is 10.6. The Balaban J connectivity index is 1.83. The van der Waals surface area contributed by atoms with Crippen LogP contribution >= 0.6 is 11.6 Å². The van der Waals surface area contributed by atoms with Crippen molar-refractivity contribution in [1.29, 1.82) is 0 Å². The Labute approximate surface area is 132 Å². The van der Waals surface area contributed by atoms with E-state index >= 15 is 0 Å². The number of aromatic nitrogens is 4. The predicted octanol–water partition coefficient (Wildman–Crippen LogP) is 1.69. The Kier molecular flexibility index (Phi) is 4.08. The van der Waals surface area contributed by atoms with Gasteiger partial charge in [-0.15, -0.1) is 10.2 Å². The number of methoxy groups -OCH3 is 1. The number of hydrogen-bond acceptors (Lipinski definition) is 5. The minimum absolute atomic E-state index is 0.0835. The molecule has 0 saturated heterocycles. The molecule has 1 atom stereocenters. The van der Waals surface area contributed by atoms with Crippen LogP contribution in [0.15, 0.2) is 18.3 Å². The molecular weight excluding hydrogens is 306 g/mol. The fraction of sp³-hybridized carbons (Fsp3) is 0.429. The van der Waals surface area contributed by atoms with Crippen molar-refractivity contribution in [2.75, 3.05) is 13.7 Å². The zero-order valence-electron chi connectivity index (χ0n) is 12.4. The van der Waals surface area contributed by atoms with E-state index in [1.807, 2.05) is 11.5 Å². The highest BCUT2D eigenvalue weighted by atomic mass is 35.5. The first kappa shape index (κ1) is 14.9. The third kappa shape index (κ3) is 2.69. The number of pyridine rings is 1. The molecule has 0 saturated carbocycles. The zero-order chi connectivity index (χ0) is 15.7. The highest BCUT2D eigenvalue weighted by molar-refractivity contribution is 6.30. The Morgan fingerprint density at radius 2 is 2.27 bits per heavy atom. The smallest absolute Gasteiger partial charge is 0.272 e. The Morgan fingerprint density at radius 3 is 2.95 bits per heavy atom. The number of fused-ring (bicyclic) bond motifs is 1. The minimum atomic E-state index is -0.133. The minimum Gasteiger partial charge on any atom is -0.377 e. The van der Waals surface area contributed by atoms with Gasteiger partial charge in [0, 0.05) is 19.9 Å². The lowest BCUT2D eigenvalue weighted by Crippen LogP contribution is -2.41. The van der Waals surface area contributed by atoms with Crippen LogP contribution in [0.2, 0.25) is 5.02 Å². The molecule has 0 radical (unpaired) electrons. The number of amides is 1. The van der Waals surface area contributed by atoms with Crippen molar-refractivity contribution < 1.29 is 9.53 Å². The Morgan fingerprint density at radius 1 is 1.45 bits per heavy atom. The van der Waals surface area contributed by atoms with Gasteiger partial charge in [-0.25, -0.2) is 4.98 Å². The summed E-state index contributed by atoms with van der Waals surface area (Å²) in [4.78, 5) is 18.3. The molecule has 0 aliphatic carbocycles. The van der Waals surface area contributed by atoms with Crippen molar-refractivity contribution in [2.24, 2.45) is 0 Å². The average molecular weight is 322 g/mol. The van der Waals surface area contributed by atoms with E-state index in [4.69, 9.17) is 16.3 Å². The van der Waals surface area contributed by atoms with Crippen LogP contribution in [0.3, 0.4) is 0 Å². The third-order valence-corrected chi connectivity index (χ3v) is 3.83. The van der Waals surface area contributed by atoms with Gasteiger partial charge >= 0.3 is 0 Å². The largest absolute Gasteiger partial charge is 0.377 e. The molecule has 22 heavy (non-hydrogen) atoms. The summed E-state index contributed by atoms with van der Waals surface area (Å²) in [6, 6.07) is 3.37. The normalized spacial score (nSPS) is 17.4. The number of carbonyl (C=O) groups excluding carboxylic acids is 1. The molecule has 3 rings (SSSR count). The SMILES string of the molecule is COCc1nnc2n1[C@@H](C)CN(C(=O)c1ccc(Cl)cn1)C2. The van der Waals surface area contributed by atoms with E-state index in [0.717, 1.165) is 11.6 Å². The van der Waals surface area contributed by atoms with Gasteiger partial charge in [-0.3, -0.25) is 4.79 Å². The van der Waals surface area contributed by atoms with Crippen LogP contribution in [0.4, 0.5) is 0 Å². The summed E-state index contributed by atoms with van der Waals surface area (Å²) >= 11 is 5.80. The molecule has 2 aromatic rings. The maximum Gasteiger partial charge on any atom is 0.272 e. The lowest BCUT2D eigenvalue weighted by atomic mass is 10.2. The van der Waals surface area contributed by atoms with E-state index in [1.54, 1.807) is 24.1 Å².